The molecule has 0 unspecified atom stereocenters. The van der Waals surface area contributed by atoms with E-state index in [-0.39, 0.29) is 11.8 Å². The Morgan fingerprint density at radius 3 is 2.70 bits per heavy atom. The summed E-state index contributed by atoms with van der Waals surface area (Å²) in [5, 5.41) is 13.9. The van der Waals surface area contributed by atoms with Crippen molar-refractivity contribution in [1.82, 2.24) is 9.97 Å². The van der Waals surface area contributed by atoms with Crippen molar-refractivity contribution in [3.05, 3.63) is 34.5 Å². The average molecular weight is 335 g/mol. The summed E-state index contributed by atoms with van der Waals surface area (Å²) in [5.74, 6) is 1.32. The van der Waals surface area contributed by atoms with E-state index in [1.807, 2.05) is 13.8 Å². The van der Waals surface area contributed by atoms with Gasteiger partial charge in [-0.25, -0.2) is 9.97 Å². The number of aryl methyl sites for hydroxylation is 1. The van der Waals surface area contributed by atoms with Gasteiger partial charge < -0.3 is 16.2 Å². The summed E-state index contributed by atoms with van der Waals surface area (Å²) in [4.78, 5) is 9.11. The molecule has 4 N–H and O–H groups in total. The Labute approximate surface area is 141 Å². The molecule has 5 nitrogen and oxygen atoms in total. The molecule has 0 fully saturated rings. The minimum atomic E-state index is 0.0676. The first-order chi connectivity index (χ1) is 11.0. The van der Waals surface area contributed by atoms with Crippen LogP contribution in [0.15, 0.2) is 18.2 Å². The van der Waals surface area contributed by atoms with Gasteiger partial charge in [-0.2, -0.15) is 0 Å². The lowest BCUT2D eigenvalue weighted by atomic mass is 10.1. The maximum atomic E-state index is 10.1. The molecule has 0 bridgehead atoms. The number of nitrogens with two attached hydrogens (primary N) is 1. The van der Waals surface area contributed by atoms with E-state index in [4.69, 9.17) is 17.3 Å². The number of nitrogens with zero attached hydrogens (tertiary/aromatic N) is 2. The van der Waals surface area contributed by atoms with Crippen molar-refractivity contribution in [2.75, 3.05) is 11.9 Å². The number of aromatic nitrogens is 2. The van der Waals surface area contributed by atoms with Crippen LogP contribution in [-0.2, 0) is 6.42 Å². The lowest BCUT2D eigenvalue weighted by Gasteiger charge is -2.16. The first-order valence-electron chi connectivity index (χ1n) is 7.82. The van der Waals surface area contributed by atoms with Gasteiger partial charge in [0.15, 0.2) is 5.82 Å². The minimum absolute atomic E-state index is 0.0676. The Morgan fingerprint density at radius 1 is 1.30 bits per heavy atom. The Hall–Kier alpha value is -1.85. The molecule has 0 spiro atoms. The molecule has 0 saturated heterocycles. The molecule has 23 heavy (non-hydrogen) atoms. The van der Waals surface area contributed by atoms with Crippen LogP contribution in [0.1, 0.15) is 31.5 Å². The van der Waals surface area contributed by atoms with Crippen LogP contribution in [-0.4, -0.2) is 27.7 Å². The minimum Gasteiger partial charge on any atom is -0.507 e. The Bertz CT molecular complexity index is 691. The first-order valence-corrected chi connectivity index (χ1v) is 8.19. The van der Waals surface area contributed by atoms with E-state index in [2.05, 4.69) is 22.2 Å². The van der Waals surface area contributed by atoms with Gasteiger partial charge in [0.05, 0.1) is 5.56 Å². The molecule has 0 saturated carbocycles. The fraction of sp³-hybridized carbons (Fsp3) is 0.412. The van der Waals surface area contributed by atoms with E-state index in [0.29, 0.717) is 23.0 Å². The number of phenols is 1. The number of benzene rings is 1. The van der Waals surface area contributed by atoms with Crippen molar-refractivity contribution in [2.45, 2.75) is 39.7 Å². The van der Waals surface area contributed by atoms with E-state index in [1.165, 1.54) is 0 Å². The van der Waals surface area contributed by atoms with Crippen molar-refractivity contribution < 1.29 is 5.11 Å². The number of aromatic hydroxyl groups is 1. The third-order valence-electron chi connectivity index (χ3n) is 3.82. The molecule has 0 aliphatic heterocycles. The monoisotopic (exact) mass is 334 g/mol. The summed E-state index contributed by atoms with van der Waals surface area (Å²) < 4.78 is 0. The van der Waals surface area contributed by atoms with Crippen molar-refractivity contribution in [3.8, 4) is 17.1 Å². The zero-order valence-electron chi connectivity index (χ0n) is 13.7. The highest BCUT2D eigenvalue weighted by Crippen LogP contribution is 2.31. The van der Waals surface area contributed by atoms with Gasteiger partial charge in [-0.05, 0) is 38.0 Å². The lowest BCUT2D eigenvalue weighted by Crippen LogP contribution is -2.28. The summed E-state index contributed by atoms with van der Waals surface area (Å²) in [7, 11) is 0. The van der Waals surface area contributed by atoms with Crippen LogP contribution in [0.5, 0.6) is 5.75 Å². The molecular formula is C17H23ClN4O. The van der Waals surface area contributed by atoms with E-state index in [1.54, 1.807) is 18.2 Å². The number of rotatable bonds is 6. The summed E-state index contributed by atoms with van der Waals surface area (Å²) in [6.07, 6.45) is 1.71. The molecule has 0 aliphatic carbocycles. The number of nitrogens with one attached hydrogen (secondary N) is 1. The van der Waals surface area contributed by atoms with Crippen LogP contribution in [0, 0.1) is 6.92 Å². The van der Waals surface area contributed by atoms with Gasteiger partial charge in [0, 0.05) is 28.9 Å². The van der Waals surface area contributed by atoms with Gasteiger partial charge in [-0.1, -0.05) is 25.4 Å². The molecule has 0 radical (unpaired) electrons. The quantitative estimate of drug-likeness (QED) is 0.752. The molecule has 0 aliphatic rings. The molecule has 124 valence electrons. The van der Waals surface area contributed by atoms with Gasteiger partial charge in [0.25, 0.3) is 0 Å². The lowest BCUT2D eigenvalue weighted by molar-refractivity contribution is 0.477. The number of phenolic OH excluding ortho intramolecular Hbond substituents is 1. The second kappa shape index (κ2) is 7.62. The van der Waals surface area contributed by atoms with Gasteiger partial charge in [0.2, 0.25) is 0 Å². The largest absolute Gasteiger partial charge is 0.507 e. The van der Waals surface area contributed by atoms with Crippen molar-refractivity contribution >= 4 is 17.4 Å². The highest BCUT2D eigenvalue weighted by Gasteiger charge is 2.15. The third-order valence-corrected chi connectivity index (χ3v) is 4.06. The number of anilines is 1. The number of hydrogen-bond acceptors (Lipinski definition) is 5. The van der Waals surface area contributed by atoms with E-state index < -0.39 is 0 Å². The molecule has 0 amide bonds. The van der Waals surface area contributed by atoms with Crippen molar-refractivity contribution in [1.29, 1.82) is 0 Å². The zero-order chi connectivity index (χ0) is 17.0. The highest BCUT2D eigenvalue weighted by atomic mass is 35.5. The van der Waals surface area contributed by atoms with Crippen LogP contribution in [0.4, 0.5) is 5.82 Å². The Kier molecular flexibility index (Phi) is 5.80. The van der Waals surface area contributed by atoms with Crippen molar-refractivity contribution in [2.24, 2.45) is 5.73 Å². The Morgan fingerprint density at radius 2 is 2.04 bits per heavy atom. The van der Waals surface area contributed by atoms with E-state index in [9.17, 15) is 5.11 Å². The van der Waals surface area contributed by atoms with Crippen LogP contribution in [0.25, 0.3) is 11.4 Å². The van der Waals surface area contributed by atoms with E-state index in [0.717, 1.165) is 29.9 Å². The molecule has 1 heterocycles. The fourth-order valence-electron chi connectivity index (χ4n) is 2.35. The summed E-state index contributed by atoms with van der Waals surface area (Å²) >= 11 is 6.03. The molecule has 1 atom stereocenters. The van der Waals surface area contributed by atoms with Gasteiger partial charge in [-0.15, -0.1) is 0 Å². The SMILES string of the molecule is CCc1c(C)nc(-c2cc(Cl)ccc2O)nc1NC[C@H](N)CC. The maximum Gasteiger partial charge on any atom is 0.165 e. The Balaban J connectivity index is 2.45. The van der Waals surface area contributed by atoms with Crippen LogP contribution < -0.4 is 11.1 Å². The van der Waals surface area contributed by atoms with Crippen LogP contribution in [0.2, 0.25) is 5.02 Å². The molecule has 1 aromatic heterocycles. The van der Waals surface area contributed by atoms with E-state index >= 15 is 0 Å². The third kappa shape index (κ3) is 4.12. The number of halogens is 1. The fourth-order valence-corrected chi connectivity index (χ4v) is 2.52. The van der Waals surface area contributed by atoms with Crippen molar-refractivity contribution in [3.63, 3.8) is 0 Å². The second-order valence-corrected chi connectivity index (χ2v) is 5.96. The molecule has 2 rings (SSSR count). The van der Waals surface area contributed by atoms with Crippen LogP contribution >= 0.6 is 11.6 Å². The predicted octanol–water partition coefficient (Wildman–Crippen LogP) is 3.52. The molecule has 2 aromatic rings. The summed E-state index contributed by atoms with van der Waals surface area (Å²) in [6, 6.07) is 4.91. The molecule has 1 aromatic carbocycles. The first kappa shape index (κ1) is 17.5. The number of hydrogen-bond donors (Lipinski definition) is 3. The average Bonchev–Trinajstić information content (AvgIpc) is 2.54. The van der Waals surface area contributed by atoms with Gasteiger partial charge in [0.1, 0.15) is 11.6 Å². The highest BCUT2D eigenvalue weighted by molar-refractivity contribution is 6.30. The predicted molar refractivity (Wildman–Crippen MR) is 95.0 cm³/mol. The summed E-state index contributed by atoms with van der Waals surface area (Å²) in [5.41, 5.74) is 8.43. The normalized spacial score (nSPS) is 12.2. The molecular weight excluding hydrogens is 312 g/mol. The van der Waals surface area contributed by atoms with Gasteiger partial charge in [-0.3, -0.25) is 0 Å². The van der Waals surface area contributed by atoms with Gasteiger partial charge >= 0.3 is 0 Å². The topological polar surface area (TPSA) is 84.1 Å². The summed E-state index contributed by atoms with van der Waals surface area (Å²) in [6.45, 7) is 6.69. The zero-order valence-corrected chi connectivity index (χ0v) is 14.5. The molecule has 6 heteroatoms. The smallest absolute Gasteiger partial charge is 0.165 e. The maximum absolute atomic E-state index is 10.1. The standard InChI is InChI=1S/C17H23ClN4O/c1-4-12(19)9-20-16-13(5-2)10(3)21-17(22-16)14-8-11(18)6-7-15(14)23/h6-8,12,23H,4-5,9,19H2,1-3H3,(H,20,21,22)/t12-/m1/s1. The van der Waals surface area contributed by atoms with Crippen LogP contribution in [0.3, 0.4) is 0 Å². The second-order valence-electron chi connectivity index (χ2n) is 5.52.